The van der Waals surface area contributed by atoms with Gasteiger partial charge in [0.05, 0.1) is 0 Å². The van der Waals surface area contributed by atoms with Gasteiger partial charge in [0.2, 0.25) is 0 Å². The Labute approximate surface area is 102 Å². The third-order valence-electron chi connectivity index (χ3n) is 1.67. The Morgan fingerprint density at radius 1 is 1.47 bits per heavy atom. The van der Waals surface area contributed by atoms with Gasteiger partial charge >= 0.3 is 0 Å². The molecule has 0 atom stereocenters. The van der Waals surface area contributed by atoms with Crippen LogP contribution >= 0.6 is 27.3 Å². The second-order valence-corrected chi connectivity index (χ2v) is 6.54. The number of hydrogen-bond acceptors (Lipinski definition) is 4. The molecular weight excluding hydrogens is 300 g/mol. The molecule has 4 nitrogen and oxygen atoms in total. The standard InChI is InChI=1S/C8H13BrN2O2S2/c1-2-10-4-5-11-15(12,13)8-7(9)3-6-14-8/h3,6,10-11H,2,4-5H2,1H3. The highest BCUT2D eigenvalue weighted by molar-refractivity contribution is 9.10. The van der Waals surface area contributed by atoms with Crippen LogP contribution in [-0.4, -0.2) is 28.1 Å². The third kappa shape index (κ3) is 3.84. The molecule has 1 heterocycles. The van der Waals surface area contributed by atoms with Crippen LogP contribution in [0.2, 0.25) is 0 Å². The van der Waals surface area contributed by atoms with Crippen LogP contribution in [0.5, 0.6) is 0 Å². The lowest BCUT2D eigenvalue weighted by atomic mass is 10.6. The van der Waals surface area contributed by atoms with E-state index in [9.17, 15) is 8.42 Å². The van der Waals surface area contributed by atoms with E-state index in [4.69, 9.17) is 0 Å². The Hall–Kier alpha value is 0.0500. The molecule has 0 aromatic carbocycles. The molecule has 0 saturated heterocycles. The molecule has 0 aliphatic rings. The molecule has 0 amide bonds. The summed E-state index contributed by atoms with van der Waals surface area (Å²) in [7, 11) is -3.35. The number of sulfonamides is 1. The number of nitrogens with one attached hydrogen (secondary N) is 2. The summed E-state index contributed by atoms with van der Waals surface area (Å²) < 4.78 is 26.9. The maximum atomic E-state index is 11.7. The van der Waals surface area contributed by atoms with Crippen LogP contribution in [0.4, 0.5) is 0 Å². The van der Waals surface area contributed by atoms with E-state index in [0.717, 1.165) is 6.54 Å². The zero-order chi connectivity index (χ0) is 11.3. The number of thiophene rings is 1. The first-order valence-electron chi connectivity index (χ1n) is 4.51. The van der Waals surface area contributed by atoms with E-state index < -0.39 is 10.0 Å². The van der Waals surface area contributed by atoms with Crippen molar-refractivity contribution in [2.24, 2.45) is 0 Å². The molecule has 0 fully saturated rings. The SMILES string of the molecule is CCNCCNS(=O)(=O)c1sccc1Br. The monoisotopic (exact) mass is 312 g/mol. The Kier molecular flexibility index (Phi) is 5.20. The van der Waals surface area contributed by atoms with Crippen LogP contribution in [0, 0.1) is 0 Å². The van der Waals surface area contributed by atoms with Gasteiger partial charge in [0.15, 0.2) is 0 Å². The summed E-state index contributed by atoms with van der Waals surface area (Å²) in [5.74, 6) is 0. The van der Waals surface area contributed by atoms with Crippen molar-refractivity contribution in [1.82, 2.24) is 10.0 Å². The van der Waals surface area contributed by atoms with Gasteiger partial charge in [0, 0.05) is 17.6 Å². The summed E-state index contributed by atoms with van der Waals surface area (Å²) in [5.41, 5.74) is 0. The summed E-state index contributed by atoms with van der Waals surface area (Å²) in [4.78, 5) is 0. The van der Waals surface area contributed by atoms with Gasteiger partial charge in [-0.05, 0) is 33.9 Å². The summed E-state index contributed by atoms with van der Waals surface area (Å²) >= 11 is 4.40. The van der Waals surface area contributed by atoms with Gasteiger partial charge in [-0.3, -0.25) is 0 Å². The van der Waals surface area contributed by atoms with Crippen molar-refractivity contribution in [2.45, 2.75) is 11.1 Å². The fraction of sp³-hybridized carbons (Fsp3) is 0.500. The van der Waals surface area contributed by atoms with Crippen molar-refractivity contribution in [2.75, 3.05) is 19.6 Å². The van der Waals surface area contributed by atoms with Gasteiger partial charge in [-0.1, -0.05) is 6.92 Å². The number of rotatable bonds is 6. The normalized spacial score (nSPS) is 11.9. The van der Waals surface area contributed by atoms with E-state index >= 15 is 0 Å². The van der Waals surface area contributed by atoms with Gasteiger partial charge in [-0.2, -0.15) is 0 Å². The summed E-state index contributed by atoms with van der Waals surface area (Å²) in [6.07, 6.45) is 0. The van der Waals surface area contributed by atoms with E-state index in [1.54, 1.807) is 11.4 Å². The number of likely N-dealkylation sites (N-methyl/N-ethyl adjacent to an activating group) is 1. The predicted octanol–water partition coefficient (Wildman–Crippen LogP) is 1.40. The third-order valence-corrected chi connectivity index (χ3v) is 5.80. The topological polar surface area (TPSA) is 58.2 Å². The lowest BCUT2D eigenvalue weighted by Gasteiger charge is -2.05. The van der Waals surface area contributed by atoms with Crippen LogP contribution < -0.4 is 10.0 Å². The first kappa shape index (κ1) is 13.1. The van der Waals surface area contributed by atoms with Crippen LogP contribution in [0.1, 0.15) is 6.92 Å². The maximum absolute atomic E-state index is 11.7. The molecule has 0 bridgehead atoms. The molecule has 0 saturated carbocycles. The van der Waals surface area contributed by atoms with Gasteiger partial charge in [-0.25, -0.2) is 13.1 Å². The van der Waals surface area contributed by atoms with Gasteiger partial charge in [0.1, 0.15) is 4.21 Å². The zero-order valence-corrected chi connectivity index (χ0v) is 11.5. The van der Waals surface area contributed by atoms with Crippen molar-refractivity contribution >= 4 is 37.3 Å². The average molecular weight is 313 g/mol. The van der Waals surface area contributed by atoms with Crippen LogP contribution in [0.25, 0.3) is 0 Å². The van der Waals surface area contributed by atoms with Crippen molar-refractivity contribution in [3.8, 4) is 0 Å². The van der Waals surface area contributed by atoms with Crippen LogP contribution in [0.3, 0.4) is 0 Å². The second kappa shape index (κ2) is 5.95. The Bertz CT molecular complexity index is 403. The fourth-order valence-corrected chi connectivity index (χ4v) is 4.40. The highest BCUT2D eigenvalue weighted by Gasteiger charge is 2.17. The van der Waals surface area contributed by atoms with Crippen molar-refractivity contribution in [1.29, 1.82) is 0 Å². The fourth-order valence-electron chi connectivity index (χ4n) is 0.988. The van der Waals surface area contributed by atoms with Crippen molar-refractivity contribution in [3.63, 3.8) is 0 Å². The first-order valence-corrected chi connectivity index (χ1v) is 7.67. The molecule has 1 aromatic rings. The molecule has 1 aromatic heterocycles. The van der Waals surface area contributed by atoms with Crippen LogP contribution in [0.15, 0.2) is 20.1 Å². The minimum absolute atomic E-state index is 0.332. The zero-order valence-electron chi connectivity index (χ0n) is 8.29. The van der Waals surface area contributed by atoms with Crippen molar-refractivity contribution < 1.29 is 8.42 Å². The second-order valence-electron chi connectivity index (χ2n) is 2.81. The highest BCUT2D eigenvalue weighted by atomic mass is 79.9. The van der Waals surface area contributed by atoms with E-state index in [1.165, 1.54) is 11.3 Å². The lowest BCUT2D eigenvalue weighted by Crippen LogP contribution is -2.31. The Balaban J connectivity index is 2.57. The first-order chi connectivity index (χ1) is 7.08. The number of hydrogen-bond donors (Lipinski definition) is 2. The molecule has 0 unspecified atom stereocenters. The van der Waals surface area contributed by atoms with Crippen molar-refractivity contribution in [3.05, 3.63) is 15.9 Å². The molecule has 0 aliphatic carbocycles. The minimum atomic E-state index is -3.35. The lowest BCUT2D eigenvalue weighted by molar-refractivity contribution is 0.579. The average Bonchev–Trinajstić information content (AvgIpc) is 2.60. The smallest absolute Gasteiger partial charge is 0.251 e. The molecule has 0 spiro atoms. The molecular formula is C8H13BrN2O2S2. The molecule has 0 radical (unpaired) electrons. The highest BCUT2D eigenvalue weighted by Crippen LogP contribution is 2.26. The summed E-state index contributed by atoms with van der Waals surface area (Å²) in [6, 6.07) is 1.73. The van der Waals surface area contributed by atoms with Gasteiger partial charge in [-0.15, -0.1) is 11.3 Å². The predicted molar refractivity (Wildman–Crippen MR) is 65.8 cm³/mol. The quantitative estimate of drug-likeness (QED) is 0.781. The molecule has 15 heavy (non-hydrogen) atoms. The molecule has 1 rings (SSSR count). The molecule has 2 N–H and O–H groups in total. The Morgan fingerprint density at radius 3 is 2.73 bits per heavy atom. The van der Waals surface area contributed by atoms with E-state index in [0.29, 0.717) is 21.8 Å². The molecule has 86 valence electrons. The largest absolute Gasteiger partial charge is 0.316 e. The summed E-state index contributed by atoms with van der Waals surface area (Å²) in [6.45, 7) is 3.86. The molecule has 7 heteroatoms. The number of halogens is 1. The molecule has 0 aliphatic heterocycles. The van der Waals surface area contributed by atoms with Gasteiger partial charge in [0.25, 0.3) is 10.0 Å². The minimum Gasteiger partial charge on any atom is -0.316 e. The maximum Gasteiger partial charge on any atom is 0.251 e. The van der Waals surface area contributed by atoms with Crippen LogP contribution in [-0.2, 0) is 10.0 Å². The van der Waals surface area contributed by atoms with E-state index in [-0.39, 0.29) is 0 Å². The van der Waals surface area contributed by atoms with E-state index in [1.807, 2.05) is 6.92 Å². The summed E-state index contributed by atoms with van der Waals surface area (Å²) in [5, 5.41) is 4.78. The Morgan fingerprint density at radius 2 is 2.20 bits per heavy atom. The van der Waals surface area contributed by atoms with Gasteiger partial charge < -0.3 is 5.32 Å². The van der Waals surface area contributed by atoms with E-state index in [2.05, 4.69) is 26.0 Å².